The second-order valence-corrected chi connectivity index (χ2v) is 3.41. The number of aromatic nitrogens is 2. The molecule has 1 aromatic rings. The molecule has 1 heterocycles. The van der Waals surface area contributed by atoms with Crippen molar-refractivity contribution in [1.29, 1.82) is 0 Å². The summed E-state index contributed by atoms with van der Waals surface area (Å²) >= 11 is 0. The molecule has 0 fully saturated rings. The average molecular weight is 213 g/mol. The Morgan fingerprint density at radius 3 is 3.13 bits per heavy atom. The van der Waals surface area contributed by atoms with E-state index >= 15 is 0 Å². The van der Waals surface area contributed by atoms with E-state index in [0.29, 0.717) is 19.7 Å². The van der Waals surface area contributed by atoms with Crippen LogP contribution in [0.1, 0.15) is 12.6 Å². The van der Waals surface area contributed by atoms with E-state index in [1.807, 2.05) is 12.5 Å². The van der Waals surface area contributed by atoms with Gasteiger partial charge < -0.3 is 19.7 Å². The van der Waals surface area contributed by atoms with Crippen molar-refractivity contribution in [2.24, 2.45) is 0 Å². The summed E-state index contributed by atoms with van der Waals surface area (Å²) in [6.07, 6.45) is 3.19. The van der Waals surface area contributed by atoms with E-state index in [0.717, 1.165) is 12.2 Å². The topological polar surface area (TPSA) is 59.3 Å². The van der Waals surface area contributed by atoms with Gasteiger partial charge in [-0.2, -0.15) is 0 Å². The third-order valence-electron chi connectivity index (χ3n) is 2.18. The Bertz CT molecular complexity index is 275. The van der Waals surface area contributed by atoms with Gasteiger partial charge in [-0.3, -0.25) is 0 Å². The smallest absolute Gasteiger partial charge is 0.0948 e. The second kappa shape index (κ2) is 6.55. The summed E-state index contributed by atoms with van der Waals surface area (Å²) < 4.78 is 6.89. The lowest BCUT2D eigenvalue weighted by molar-refractivity contribution is 0.0643. The number of hydrogen-bond acceptors (Lipinski definition) is 4. The molecule has 0 amide bonds. The van der Waals surface area contributed by atoms with Crippen LogP contribution in [-0.4, -0.2) is 41.0 Å². The Kier molecular flexibility index (Phi) is 5.31. The Hall–Kier alpha value is -0.910. The van der Waals surface area contributed by atoms with Gasteiger partial charge >= 0.3 is 0 Å². The molecule has 1 unspecified atom stereocenters. The quantitative estimate of drug-likeness (QED) is 0.669. The first-order valence-corrected chi connectivity index (χ1v) is 5.14. The van der Waals surface area contributed by atoms with Gasteiger partial charge in [-0.05, 0) is 6.92 Å². The zero-order chi connectivity index (χ0) is 11.1. The van der Waals surface area contributed by atoms with E-state index in [-0.39, 0.29) is 0 Å². The summed E-state index contributed by atoms with van der Waals surface area (Å²) in [5.74, 6) is 0. The van der Waals surface area contributed by atoms with Crippen LogP contribution < -0.4 is 5.32 Å². The van der Waals surface area contributed by atoms with E-state index in [1.54, 1.807) is 7.11 Å². The van der Waals surface area contributed by atoms with Crippen molar-refractivity contribution in [2.75, 3.05) is 20.3 Å². The number of imidazole rings is 1. The minimum Gasteiger partial charge on any atom is -0.389 e. The largest absolute Gasteiger partial charge is 0.389 e. The lowest BCUT2D eigenvalue weighted by Gasteiger charge is -2.11. The molecule has 0 aromatic carbocycles. The van der Waals surface area contributed by atoms with E-state index in [1.165, 1.54) is 0 Å². The number of rotatable bonds is 7. The molecule has 0 radical (unpaired) electrons. The molecule has 0 saturated carbocycles. The highest BCUT2D eigenvalue weighted by molar-refractivity contribution is 4.97. The molecule has 0 aliphatic rings. The lowest BCUT2D eigenvalue weighted by atomic mass is 10.3. The van der Waals surface area contributed by atoms with Gasteiger partial charge in [0.2, 0.25) is 0 Å². The van der Waals surface area contributed by atoms with Gasteiger partial charge in [0.25, 0.3) is 0 Å². The molecule has 0 aliphatic heterocycles. The van der Waals surface area contributed by atoms with Crippen LogP contribution in [0.4, 0.5) is 0 Å². The molecular weight excluding hydrogens is 194 g/mol. The fraction of sp³-hybridized carbons (Fsp3) is 0.700. The first-order valence-electron chi connectivity index (χ1n) is 5.14. The molecule has 15 heavy (non-hydrogen) atoms. The molecule has 1 rings (SSSR count). The van der Waals surface area contributed by atoms with Crippen LogP contribution >= 0.6 is 0 Å². The van der Waals surface area contributed by atoms with Crippen LogP contribution in [-0.2, 0) is 17.8 Å². The van der Waals surface area contributed by atoms with E-state index in [4.69, 9.17) is 4.74 Å². The fourth-order valence-corrected chi connectivity index (χ4v) is 1.40. The van der Waals surface area contributed by atoms with E-state index in [2.05, 4.69) is 21.8 Å². The highest BCUT2D eigenvalue weighted by Gasteiger charge is 2.04. The van der Waals surface area contributed by atoms with Gasteiger partial charge in [-0.1, -0.05) is 0 Å². The van der Waals surface area contributed by atoms with Crippen molar-refractivity contribution in [1.82, 2.24) is 14.9 Å². The number of aliphatic hydroxyl groups is 1. The maximum Gasteiger partial charge on any atom is 0.0948 e. The van der Waals surface area contributed by atoms with Crippen LogP contribution in [0.15, 0.2) is 12.5 Å². The summed E-state index contributed by atoms with van der Waals surface area (Å²) in [6, 6.07) is 0. The van der Waals surface area contributed by atoms with Crippen LogP contribution in [0.2, 0.25) is 0 Å². The number of ether oxygens (including phenoxy) is 1. The molecule has 5 heteroatoms. The SMILES string of the molecule is CCn1cncc1CNCC(O)COC. The highest BCUT2D eigenvalue weighted by atomic mass is 16.5. The molecule has 0 bridgehead atoms. The van der Waals surface area contributed by atoms with Gasteiger partial charge in [-0.25, -0.2) is 4.98 Å². The Morgan fingerprint density at radius 2 is 2.47 bits per heavy atom. The Morgan fingerprint density at radius 1 is 1.67 bits per heavy atom. The number of hydrogen-bond donors (Lipinski definition) is 2. The molecule has 5 nitrogen and oxygen atoms in total. The maximum absolute atomic E-state index is 9.39. The third-order valence-corrected chi connectivity index (χ3v) is 2.18. The van der Waals surface area contributed by atoms with Crippen LogP contribution in [0, 0.1) is 0 Å². The summed E-state index contributed by atoms with van der Waals surface area (Å²) in [4.78, 5) is 4.06. The normalized spacial score (nSPS) is 13.0. The zero-order valence-electron chi connectivity index (χ0n) is 9.31. The van der Waals surface area contributed by atoms with Crippen molar-refractivity contribution in [2.45, 2.75) is 26.1 Å². The molecule has 1 aromatic heterocycles. The number of aliphatic hydroxyl groups excluding tert-OH is 1. The average Bonchev–Trinajstić information content (AvgIpc) is 2.66. The standard InChI is InChI=1S/C10H19N3O2/c1-3-13-8-12-5-9(13)4-11-6-10(14)7-15-2/h5,8,10-11,14H,3-4,6-7H2,1-2H3. The minimum atomic E-state index is -0.451. The second-order valence-electron chi connectivity index (χ2n) is 3.41. The monoisotopic (exact) mass is 213 g/mol. The van der Waals surface area contributed by atoms with Gasteiger partial charge in [0.1, 0.15) is 0 Å². The van der Waals surface area contributed by atoms with Crippen molar-refractivity contribution >= 4 is 0 Å². The summed E-state index contributed by atoms with van der Waals surface area (Å²) in [5, 5.41) is 12.6. The first-order chi connectivity index (χ1) is 7.27. The van der Waals surface area contributed by atoms with Crippen LogP contribution in [0.5, 0.6) is 0 Å². The number of nitrogens with zero attached hydrogens (tertiary/aromatic N) is 2. The molecule has 0 aliphatic carbocycles. The van der Waals surface area contributed by atoms with E-state index < -0.39 is 6.10 Å². The third kappa shape index (κ3) is 3.99. The number of methoxy groups -OCH3 is 1. The van der Waals surface area contributed by atoms with Gasteiger partial charge in [-0.15, -0.1) is 0 Å². The maximum atomic E-state index is 9.39. The van der Waals surface area contributed by atoms with Gasteiger partial charge in [0.15, 0.2) is 0 Å². The van der Waals surface area contributed by atoms with Crippen molar-refractivity contribution < 1.29 is 9.84 Å². The number of aryl methyl sites for hydroxylation is 1. The summed E-state index contributed by atoms with van der Waals surface area (Å²) in [6.45, 7) is 4.60. The predicted molar refractivity (Wildman–Crippen MR) is 57.5 cm³/mol. The molecule has 86 valence electrons. The van der Waals surface area contributed by atoms with Crippen LogP contribution in [0.25, 0.3) is 0 Å². The van der Waals surface area contributed by atoms with Crippen molar-refractivity contribution in [3.8, 4) is 0 Å². The van der Waals surface area contributed by atoms with E-state index in [9.17, 15) is 5.11 Å². The highest BCUT2D eigenvalue weighted by Crippen LogP contribution is 1.98. The Balaban J connectivity index is 2.25. The van der Waals surface area contributed by atoms with Crippen molar-refractivity contribution in [3.63, 3.8) is 0 Å². The van der Waals surface area contributed by atoms with Crippen LogP contribution in [0.3, 0.4) is 0 Å². The predicted octanol–water partition coefficient (Wildman–Crippen LogP) is -0.000100. The molecular formula is C10H19N3O2. The molecule has 2 N–H and O–H groups in total. The fourth-order valence-electron chi connectivity index (χ4n) is 1.40. The minimum absolute atomic E-state index is 0.361. The van der Waals surface area contributed by atoms with Gasteiger partial charge in [0.05, 0.1) is 24.7 Å². The first kappa shape index (κ1) is 12.2. The van der Waals surface area contributed by atoms with Gasteiger partial charge in [0, 0.05) is 32.9 Å². The summed E-state index contributed by atoms with van der Waals surface area (Å²) in [7, 11) is 1.58. The van der Waals surface area contributed by atoms with Crippen molar-refractivity contribution in [3.05, 3.63) is 18.2 Å². The molecule has 1 atom stereocenters. The Labute approximate surface area is 90.1 Å². The summed E-state index contributed by atoms with van der Waals surface area (Å²) in [5.41, 5.74) is 1.13. The number of nitrogens with one attached hydrogen (secondary N) is 1. The zero-order valence-corrected chi connectivity index (χ0v) is 9.31. The molecule has 0 saturated heterocycles. The molecule has 0 spiro atoms. The lowest BCUT2D eigenvalue weighted by Crippen LogP contribution is -2.30.